The van der Waals surface area contributed by atoms with Crippen molar-refractivity contribution in [1.82, 2.24) is 14.8 Å². The topological polar surface area (TPSA) is 95.3 Å². The molecule has 1 aromatic carbocycles. The summed E-state index contributed by atoms with van der Waals surface area (Å²) in [6.07, 6.45) is 4.48. The number of hydrogen-bond donors (Lipinski definition) is 1. The number of carbonyl (C=O) groups excluding carboxylic acids is 2. The average molecular weight is 575 g/mol. The molecule has 1 unspecified atom stereocenters. The second kappa shape index (κ2) is 12.8. The van der Waals surface area contributed by atoms with E-state index in [1.807, 2.05) is 17.6 Å². The fraction of sp³-hybridized carbons (Fsp3) is 0.407. The van der Waals surface area contributed by atoms with Crippen LogP contribution < -0.4 is 10.1 Å². The number of aryl methyl sites for hydroxylation is 1. The van der Waals surface area contributed by atoms with E-state index in [-0.39, 0.29) is 30.8 Å². The molecule has 0 bridgehead atoms. The standard InChI is InChI=1S/C27H31ClN4O4S2/c1-5-11-32-22(14-36-18-8-10-20(28)17(4)13-18)30-31-27(32)37-15-23(33)29-25-24(26(34)35-6-2)19-9-7-16(3)12-21(19)38-25/h5,8,10,13,16H,1,6-7,9,11-12,14-15H2,2-4H3,(H,29,33). The van der Waals surface area contributed by atoms with Crippen molar-refractivity contribution >= 4 is 51.6 Å². The fourth-order valence-corrected chi connectivity index (χ4v) is 6.55. The van der Waals surface area contributed by atoms with Crippen LogP contribution in [0.4, 0.5) is 5.00 Å². The second-order valence-electron chi connectivity index (χ2n) is 9.11. The van der Waals surface area contributed by atoms with Gasteiger partial charge in [-0.1, -0.05) is 36.4 Å². The number of allylic oxidation sites excluding steroid dienone is 1. The van der Waals surface area contributed by atoms with E-state index in [1.54, 1.807) is 25.1 Å². The van der Waals surface area contributed by atoms with E-state index >= 15 is 0 Å². The van der Waals surface area contributed by atoms with E-state index in [0.717, 1.165) is 35.3 Å². The van der Waals surface area contributed by atoms with Crippen LogP contribution in [0.3, 0.4) is 0 Å². The second-order valence-corrected chi connectivity index (χ2v) is 11.6. The lowest BCUT2D eigenvalue weighted by Gasteiger charge is -2.18. The number of esters is 1. The molecule has 0 saturated heterocycles. The van der Waals surface area contributed by atoms with Crippen LogP contribution in [0.1, 0.15) is 52.5 Å². The van der Waals surface area contributed by atoms with Crippen molar-refractivity contribution < 1.29 is 19.1 Å². The van der Waals surface area contributed by atoms with Gasteiger partial charge in [0.1, 0.15) is 17.4 Å². The van der Waals surface area contributed by atoms with Crippen molar-refractivity contribution in [2.45, 2.75) is 58.3 Å². The molecule has 1 N–H and O–H groups in total. The number of carbonyl (C=O) groups is 2. The molecule has 0 saturated carbocycles. The molecular weight excluding hydrogens is 544 g/mol. The SMILES string of the molecule is C=CCn1c(COc2ccc(Cl)c(C)c2)nnc1SCC(=O)Nc1sc2c(c1C(=O)OCC)CCC(C)C2. The van der Waals surface area contributed by atoms with Gasteiger partial charge >= 0.3 is 5.97 Å². The van der Waals surface area contributed by atoms with Gasteiger partial charge in [0.25, 0.3) is 0 Å². The maximum absolute atomic E-state index is 13.0. The van der Waals surface area contributed by atoms with Gasteiger partial charge in [-0.05, 0) is 68.4 Å². The Morgan fingerprint density at radius 1 is 1.37 bits per heavy atom. The molecule has 0 radical (unpaired) electrons. The molecule has 0 fully saturated rings. The first kappa shape index (κ1) is 28.2. The predicted molar refractivity (Wildman–Crippen MR) is 152 cm³/mol. The minimum Gasteiger partial charge on any atom is -0.486 e. The summed E-state index contributed by atoms with van der Waals surface area (Å²) < 4.78 is 13.1. The zero-order valence-corrected chi connectivity index (χ0v) is 24.1. The van der Waals surface area contributed by atoms with E-state index in [0.29, 0.717) is 44.8 Å². The minimum absolute atomic E-state index is 0.105. The van der Waals surface area contributed by atoms with E-state index < -0.39 is 0 Å². The third-order valence-corrected chi connectivity index (χ3v) is 8.74. The molecule has 2 aromatic heterocycles. The van der Waals surface area contributed by atoms with Gasteiger partial charge in [0.05, 0.1) is 17.9 Å². The van der Waals surface area contributed by atoms with Crippen LogP contribution in [0.25, 0.3) is 0 Å². The highest BCUT2D eigenvalue weighted by Gasteiger charge is 2.29. The summed E-state index contributed by atoms with van der Waals surface area (Å²) in [6.45, 7) is 10.7. The molecule has 1 aliphatic carbocycles. The molecule has 3 aromatic rings. The molecule has 8 nitrogen and oxygen atoms in total. The Morgan fingerprint density at radius 3 is 2.92 bits per heavy atom. The van der Waals surface area contributed by atoms with E-state index in [1.165, 1.54) is 23.1 Å². The Balaban J connectivity index is 1.43. The summed E-state index contributed by atoms with van der Waals surface area (Å²) in [7, 11) is 0. The fourth-order valence-electron chi connectivity index (χ4n) is 4.25. The molecule has 0 aliphatic heterocycles. The van der Waals surface area contributed by atoms with Gasteiger partial charge in [0.15, 0.2) is 11.0 Å². The first-order valence-electron chi connectivity index (χ1n) is 12.5. The number of amides is 1. The molecule has 38 heavy (non-hydrogen) atoms. The highest BCUT2D eigenvalue weighted by atomic mass is 35.5. The number of thioether (sulfide) groups is 1. The van der Waals surface area contributed by atoms with Crippen LogP contribution in [-0.4, -0.2) is 39.0 Å². The van der Waals surface area contributed by atoms with Crippen molar-refractivity contribution in [2.24, 2.45) is 5.92 Å². The maximum Gasteiger partial charge on any atom is 0.341 e. The Bertz CT molecular complexity index is 1340. The Labute approximate surface area is 235 Å². The van der Waals surface area contributed by atoms with Crippen LogP contribution in [0.5, 0.6) is 5.75 Å². The summed E-state index contributed by atoms with van der Waals surface area (Å²) >= 11 is 8.84. The summed E-state index contributed by atoms with van der Waals surface area (Å²) in [5.41, 5.74) is 2.44. The third-order valence-electron chi connectivity index (χ3n) is 6.18. The van der Waals surface area contributed by atoms with Gasteiger partial charge in [-0.25, -0.2) is 4.79 Å². The molecule has 0 spiro atoms. The highest BCUT2D eigenvalue weighted by molar-refractivity contribution is 7.99. The minimum atomic E-state index is -0.381. The number of nitrogens with zero attached hydrogens (tertiary/aromatic N) is 3. The monoisotopic (exact) mass is 574 g/mol. The van der Waals surface area contributed by atoms with Gasteiger partial charge in [0, 0.05) is 16.4 Å². The Morgan fingerprint density at radius 2 is 2.18 bits per heavy atom. The molecule has 4 rings (SSSR count). The number of anilines is 1. The van der Waals surface area contributed by atoms with Crippen LogP contribution >= 0.6 is 34.7 Å². The number of nitrogens with one attached hydrogen (secondary N) is 1. The number of benzene rings is 1. The maximum atomic E-state index is 13.0. The molecule has 2 heterocycles. The summed E-state index contributed by atoms with van der Waals surface area (Å²) in [4.78, 5) is 26.8. The lowest BCUT2D eigenvalue weighted by atomic mass is 9.88. The molecule has 1 amide bonds. The summed E-state index contributed by atoms with van der Waals surface area (Å²) in [5.74, 6) is 1.34. The van der Waals surface area contributed by atoms with Crippen molar-refractivity contribution in [3.63, 3.8) is 0 Å². The third kappa shape index (κ3) is 6.59. The highest BCUT2D eigenvalue weighted by Crippen LogP contribution is 2.40. The molecule has 1 atom stereocenters. The van der Waals surface area contributed by atoms with Crippen LogP contribution in [0.15, 0.2) is 36.0 Å². The predicted octanol–water partition coefficient (Wildman–Crippen LogP) is 6.10. The zero-order valence-electron chi connectivity index (χ0n) is 21.7. The molecule has 1 aliphatic rings. The number of ether oxygens (including phenoxy) is 2. The molecule has 202 valence electrons. The Kier molecular flexibility index (Phi) is 9.51. The number of halogens is 1. The average Bonchev–Trinajstić information content (AvgIpc) is 3.43. The number of hydrogen-bond acceptors (Lipinski definition) is 8. The lowest BCUT2D eigenvalue weighted by molar-refractivity contribution is -0.113. The Hall–Kier alpha value is -2.82. The lowest BCUT2D eigenvalue weighted by Crippen LogP contribution is -2.18. The molecular formula is C27H31ClN4O4S2. The van der Waals surface area contributed by atoms with Gasteiger partial charge in [-0.15, -0.1) is 28.1 Å². The first-order chi connectivity index (χ1) is 18.3. The zero-order chi connectivity index (χ0) is 27.2. The van der Waals surface area contributed by atoms with Gasteiger partial charge in [-0.3, -0.25) is 9.36 Å². The van der Waals surface area contributed by atoms with Gasteiger partial charge in [-0.2, -0.15) is 0 Å². The quantitative estimate of drug-likeness (QED) is 0.168. The van der Waals surface area contributed by atoms with Crippen LogP contribution in [0, 0.1) is 12.8 Å². The van der Waals surface area contributed by atoms with Crippen molar-refractivity contribution in [3.05, 3.63) is 63.3 Å². The van der Waals surface area contributed by atoms with Gasteiger partial charge in [0.2, 0.25) is 5.91 Å². The van der Waals surface area contributed by atoms with E-state index in [4.69, 9.17) is 21.1 Å². The smallest absolute Gasteiger partial charge is 0.341 e. The largest absolute Gasteiger partial charge is 0.486 e. The number of fused-ring (bicyclic) bond motifs is 1. The number of rotatable bonds is 11. The summed E-state index contributed by atoms with van der Waals surface area (Å²) in [5, 5.41) is 13.3. The first-order valence-corrected chi connectivity index (χ1v) is 14.6. The van der Waals surface area contributed by atoms with Crippen LogP contribution in [-0.2, 0) is 35.5 Å². The normalized spacial score (nSPS) is 14.6. The van der Waals surface area contributed by atoms with Crippen molar-refractivity contribution in [3.8, 4) is 5.75 Å². The molecule has 11 heteroatoms. The van der Waals surface area contributed by atoms with Crippen molar-refractivity contribution in [2.75, 3.05) is 17.7 Å². The summed E-state index contributed by atoms with van der Waals surface area (Å²) in [6, 6.07) is 5.46. The van der Waals surface area contributed by atoms with Crippen molar-refractivity contribution in [1.29, 1.82) is 0 Å². The number of thiophene rings is 1. The van der Waals surface area contributed by atoms with Gasteiger partial charge < -0.3 is 14.8 Å². The van der Waals surface area contributed by atoms with E-state index in [2.05, 4.69) is 29.0 Å². The van der Waals surface area contributed by atoms with E-state index in [9.17, 15) is 9.59 Å². The number of aromatic nitrogens is 3. The van der Waals surface area contributed by atoms with Crippen LogP contribution in [0.2, 0.25) is 5.02 Å².